The summed E-state index contributed by atoms with van der Waals surface area (Å²) in [6.07, 6.45) is 2.95. The highest BCUT2D eigenvalue weighted by molar-refractivity contribution is 7.14. The molecule has 6 heteroatoms. The van der Waals surface area contributed by atoms with Gasteiger partial charge >= 0.3 is 5.97 Å². The van der Waals surface area contributed by atoms with Gasteiger partial charge in [0.05, 0.1) is 11.4 Å². The van der Waals surface area contributed by atoms with Gasteiger partial charge in [-0.25, -0.2) is 4.79 Å². The molecule has 0 saturated carbocycles. The third-order valence-corrected chi connectivity index (χ3v) is 4.37. The smallest absolute Gasteiger partial charge is 0.331 e. The summed E-state index contributed by atoms with van der Waals surface area (Å²) in [6, 6.07) is 11.1. The number of Topliss-reactive ketones (excluding diaryl/α,β-unsaturated/α-hetero) is 1. The van der Waals surface area contributed by atoms with Crippen LogP contribution in [0.15, 0.2) is 42.5 Å². The number of benzene rings is 1. The molecule has 0 bridgehead atoms. The van der Waals surface area contributed by atoms with Crippen molar-refractivity contribution in [3.63, 3.8) is 0 Å². The van der Waals surface area contributed by atoms with Gasteiger partial charge in [-0.2, -0.15) is 0 Å². The number of hydrogen-bond acceptors (Lipinski definition) is 5. The molecule has 0 atom stereocenters. The van der Waals surface area contributed by atoms with Crippen molar-refractivity contribution in [2.45, 2.75) is 20.4 Å². The Hall–Kier alpha value is -2.73. The number of carbonyl (C=O) groups is 3. The number of amides is 1. The van der Waals surface area contributed by atoms with Crippen LogP contribution in [0.25, 0.3) is 6.08 Å². The lowest BCUT2D eigenvalue weighted by atomic mass is 10.1. The normalized spacial score (nSPS) is 10.6. The molecule has 0 unspecified atom stereocenters. The molecule has 0 fully saturated rings. The fourth-order valence-electron chi connectivity index (χ4n) is 2.03. The average Bonchev–Trinajstić information content (AvgIpc) is 3.05. The zero-order valence-corrected chi connectivity index (χ0v) is 14.9. The van der Waals surface area contributed by atoms with Crippen molar-refractivity contribution in [1.29, 1.82) is 0 Å². The second-order valence-corrected chi connectivity index (χ2v) is 6.62. The predicted octanol–water partition coefficient (Wildman–Crippen LogP) is 3.13. The summed E-state index contributed by atoms with van der Waals surface area (Å²) in [5.74, 6) is -0.961. The molecule has 25 heavy (non-hydrogen) atoms. The molecule has 1 aromatic heterocycles. The van der Waals surface area contributed by atoms with E-state index in [0.717, 1.165) is 16.0 Å². The highest BCUT2D eigenvalue weighted by Crippen LogP contribution is 2.17. The number of ether oxygens (including phenoxy) is 1. The van der Waals surface area contributed by atoms with Crippen molar-refractivity contribution in [2.24, 2.45) is 0 Å². The molecule has 1 aromatic carbocycles. The van der Waals surface area contributed by atoms with Gasteiger partial charge < -0.3 is 10.1 Å². The van der Waals surface area contributed by atoms with Crippen LogP contribution in [0.4, 0.5) is 0 Å². The van der Waals surface area contributed by atoms with Crippen molar-refractivity contribution >= 4 is 35.1 Å². The molecule has 0 aliphatic rings. The van der Waals surface area contributed by atoms with E-state index in [9.17, 15) is 14.4 Å². The number of ketones is 1. The quantitative estimate of drug-likeness (QED) is 0.469. The third kappa shape index (κ3) is 6.35. The van der Waals surface area contributed by atoms with Gasteiger partial charge in [-0.05, 0) is 30.7 Å². The fourth-order valence-corrected chi connectivity index (χ4v) is 2.90. The maximum Gasteiger partial charge on any atom is 0.331 e. The van der Waals surface area contributed by atoms with Crippen molar-refractivity contribution in [3.05, 3.63) is 63.4 Å². The minimum atomic E-state index is -0.565. The van der Waals surface area contributed by atoms with Crippen LogP contribution in [0.2, 0.25) is 0 Å². The van der Waals surface area contributed by atoms with Crippen LogP contribution in [0.1, 0.15) is 32.6 Å². The largest absolute Gasteiger partial charge is 0.454 e. The Morgan fingerprint density at radius 3 is 2.72 bits per heavy atom. The summed E-state index contributed by atoms with van der Waals surface area (Å²) in [6.45, 7) is 3.47. The molecule has 0 radical (unpaired) electrons. The van der Waals surface area contributed by atoms with Gasteiger partial charge in [0.25, 0.3) is 0 Å². The van der Waals surface area contributed by atoms with Gasteiger partial charge in [0.15, 0.2) is 6.61 Å². The maximum atomic E-state index is 12.0. The topological polar surface area (TPSA) is 72.5 Å². The van der Waals surface area contributed by atoms with Crippen molar-refractivity contribution in [1.82, 2.24) is 5.32 Å². The number of thiophene rings is 1. The fraction of sp³-hybridized carbons (Fsp3) is 0.211. The molecule has 0 saturated heterocycles. The molecule has 130 valence electrons. The molecular formula is C19H19NO4S. The highest BCUT2D eigenvalue weighted by Gasteiger charge is 2.11. The highest BCUT2D eigenvalue weighted by atomic mass is 32.1. The molecule has 1 N–H and O–H groups in total. The first kappa shape index (κ1) is 18.6. The first-order valence-corrected chi connectivity index (χ1v) is 8.53. The zero-order valence-electron chi connectivity index (χ0n) is 14.1. The Morgan fingerprint density at radius 1 is 1.20 bits per heavy atom. The van der Waals surface area contributed by atoms with Crippen LogP contribution in [0.3, 0.4) is 0 Å². The predicted molar refractivity (Wildman–Crippen MR) is 97.3 cm³/mol. The number of aryl methyl sites for hydroxylation is 1. The van der Waals surface area contributed by atoms with Crippen LogP contribution in [0, 0.1) is 6.92 Å². The Morgan fingerprint density at radius 2 is 2.00 bits per heavy atom. The monoisotopic (exact) mass is 357 g/mol. The van der Waals surface area contributed by atoms with E-state index in [2.05, 4.69) is 5.32 Å². The van der Waals surface area contributed by atoms with Gasteiger partial charge in [-0.15, -0.1) is 11.3 Å². The summed E-state index contributed by atoms with van der Waals surface area (Å²) in [4.78, 5) is 36.0. The average molecular weight is 357 g/mol. The lowest BCUT2D eigenvalue weighted by molar-refractivity contribution is -0.136. The molecule has 2 aromatic rings. The van der Waals surface area contributed by atoms with Crippen LogP contribution in [0.5, 0.6) is 0 Å². The van der Waals surface area contributed by atoms with Gasteiger partial charge in [0.1, 0.15) is 0 Å². The number of esters is 1. The summed E-state index contributed by atoms with van der Waals surface area (Å²) in [7, 11) is 0. The standard InChI is InChI=1S/C19H19NO4S/c1-13-4-3-5-15(10-13)6-9-19(23)24-12-17(22)18-8-7-16(25-18)11-20-14(2)21/h3-10H,11-12H2,1-2H3,(H,20,21)/b9-6+. The Kier molecular flexibility index (Phi) is 6.65. The summed E-state index contributed by atoms with van der Waals surface area (Å²) in [5, 5.41) is 2.67. The molecule has 0 aliphatic heterocycles. The minimum absolute atomic E-state index is 0.129. The summed E-state index contributed by atoms with van der Waals surface area (Å²) < 4.78 is 4.98. The Labute approximate surface area is 150 Å². The SMILES string of the molecule is CC(=O)NCc1ccc(C(=O)COC(=O)/C=C/c2cccc(C)c2)s1. The van der Waals surface area contributed by atoms with E-state index in [4.69, 9.17) is 4.74 Å². The van der Waals surface area contributed by atoms with E-state index in [0.29, 0.717) is 11.4 Å². The summed E-state index contributed by atoms with van der Waals surface area (Å²) >= 11 is 1.27. The number of rotatable bonds is 7. The first-order chi connectivity index (χ1) is 11.9. The summed E-state index contributed by atoms with van der Waals surface area (Å²) in [5.41, 5.74) is 1.99. The number of hydrogen-bond donors (Lipinski definition) is 1. The minimum Gasteiger partial charge on any atom is -0.454 e. The zero-order chi connectivity index (χ0) is 18.2. The van der Waals surface area contributed by atoms with E-state index < -0.39 is 5.97 Å². The van der Waals surface area contributed by atoms with Crippen molar-refractivity contribution < 1.29 is 19.1 Å². The Balaban J connectivity index is 1.83. The first-order valence-electron chi connectivity index (χ1n) is 7.72. The van der Waals surface area contributed by atoms with Crippen LogP contribution in [-0.2, 0) is 20.9 Å². The maximum absolute atomic E-state index is 12.0. The van der Waals surface area contributed by atoms with E-state index in [1.54, 1.807) is 18.2 Å². The molecule has 1 amide bonds. The molecule has 5 nitrogen and oxygen atoms in total. The number of nitrogens with one attached hydrogen (secondary N) is 1. The van der Waals surface area contributed by atoms with Crippen molar-refractivity contribution in [3.8, 4) is 0 Å². The van der Waals surface area contributed by atoms with Gasteiger partial charge in [0.2, 0.25) is 11.7 Å². The lowest BCUT2D eigenvalue weighted by Gasteiger charge is -2.00. The van der Waals surface area contributed by atoms with Gasteiger partial charge in [-0.1, -0.05) is 29.8 Å². The van der Waals surface area contributed by atoms with Crippen LogP contribution >= 0.6 is 11.3 Å². The molecule has 0 aliphatic carbocycles. The second kappa shape index (κ2) is 8.94. The van der Waals surface area contributed by atoms with E-state index >= 15 is 0 Å². The van der Waals surface area contributed by atoms with Crippen LogP contribution < -0.4 is 5.32 Å². The Bertz CT molecular complexity index is 807. The third-order valence-electron chi connectivity index (χ3n) is 3.25. The molecular weight excluding hydrogens is 338 g/mol. The van der Waals surface area contributed by atoms with Gasteiger partial charge in [-0.3, -0.25) is 9.59 Å². The van der Waals surface area contributed by atoms with Gasteiger partial charge in [0, 0.05) is 17.9 Å². The lowest BCUT2D eigenvalue weighted by Crippen LogP contribution is -2.18. The van der Waals surface area contributed by atoms with E-state index in [-0.39, 0.29) is 18.3 Å². The molecule has 0 spiro atoms. The van der Waals surface area contributed by atoms with E-state index in [1.165, 1.54) is 24.3 Å². The van der Waals surface area contributed by atoms with Crippen LogP contribution in [-0.4, -0.2) is 24.3 Å². The number of carbonyl (C=O) groups excluding carboxylic acids is 3. The molecule has 2 rings (SSSR count). The van der Waals surface area contributed by atoms with Crippen molar-refractivity contribution in [2.75, 3.05) is 6.61 Å². The molecule has 1 heterocycles. The second-order valence-electron chi connectivity index (χ2n) is 5.45. The van der Waals surface area contributed by atoms with E-state index in [1.807, 2.05) is 31.2 Å².